The molecule has 0 saturated carbocycles. The highest BCUT2D eigenvalue weighted by Crippen LogP contribution is 2.39. The van der Waals surface area contributed by atoms with Gasteiger partial charge < -0.3 is 4.42 Å². The first-order valence-electron chi connectivity index (χ1n) is 8.33. The number of nitrogens with one attached hydrogen (secondary N) is 1. The third-order valence-electron chi connectivity index (χ3n) is 4.75. The van der Waals surface area contributed by atoms with Crippen LogP contribution in [0, 0.1) is 6.92 Å². The molecule has 5 rings (SSSR count). The number of aromatic amines is 1. The van der Waals surface area contributed by atoms with Gasteiger partial charge in [-0.1, -0.05) is 54.6 Å². The van der Waals surface area contributed by atoms with Gasteiger partial charge in [0.15, 0.2) is 0 Å². The number of fused-ring (bicyclic) bond motifs is 3. The number of nitrogens with zero attached hydrogens (tertiary/aromatic N) is 1. The Bertz CT molecular complexity index is 1210. The van der Waals surface area contributed by atoms with Gasteiger partial charge in [0.25, 0.3) is 0 Å². The number of aromatic nitrogens is 2. The highest BCUT2D eigenvalue weighted by atomic mass is 16.3. The molecule has 1 N–H and O–H groups in total. The van der Waals surface area contributed by atoms with Crippen molar-refractivity contribution in [1.82, 2.24) is 10.2 Å². The molecule has 25 heavy (non-hydrogen) atoms. The summed E-state index contributed by atoms with van der Waals surface area (Å²) in [4.78, 5) is 0. The quantitative estimate of drug-likeness (QED) is 0.436. The van der Waals surface area contributed by atoms with Gasteiger partial charge in [0.1, 0.15) is 11.2 Å². The Hall–Kier alpha value is -3.33. The van der Waals surface area contributed by atoms with Crippen molar-refractivity contribution >= 4 is 21.9 Å². The molecule has 3 heteroatoms. The van der Waals surface area contributed by atoms with E-state index in [1.165, 1.54) is 11.1 Å². The molecule has 0 radical (unpaired) electrons. The largest absolute Gasteiger partial charge is 0.455 e. The number of furan rings is 1. The standard InChI is InChI=1S/C22H16N2O/c1-14-7-2-3-8-15(14)19-13-23-24-21(19)18-11-6-10-17-16-9-4-5-12-20(16)25-22(17)18/h2-13H,1H3,(H,23,24). The molecule has 0 fully saturated rings. The second-order valence-corrected chi connectivity index (χ2v) is 6.25. The molecule has 0 saturated heterocycles. The molecule has 120 valence electrons. The Kier molecular flexibility index (Phi) is 3.01. The Morgan fingerprint density at radius 2 is 1.52 bits per heavy atom. The predicted molar refractivity (Wildman–Crippen MR) is 101 cm³/mol. The van der Waals surface area contributed by atoms with Crippen LogP contribution in [0.3, 0.4) is 0 Å². The molecule has 3 aromatic carbocycles. The zero-order valence-corrected chi connectivity index (χ0v) is 13.8. The van der Waals surface area contributed by atoms with Gasteiger partial charge in [-0.05, 0) is 30.2 Å². The van der Waals surface area contributed by atoms with E-state index in [1.54, 1.807) is 0 Å². The summed E-state index contributed by atoms with van der Waals surface area (Å²) in [5, 5.41) is 9.74. The molecule has 0 aliphatic carbocycles. The van der Waals surface area contributed by atoms with Gasteiger partial charge in [-0.25, -0.2) is 0 Å². The van der Waals surface area contributed by atoms with Gasteiger partial charge in [0.05, 0.1) is 11.9 Å². The highest BCUT2D eigenvalue weighted by Gasteiger charge is 2.17. The van der Waals surface area contributed by atoms with E-state index in [-0.39, 0.29) is 0 Å². The van der Waals surface area contributed by atoms with Crippen LogP contribution in [0.2, 0.25) is 0 Å². The number of para-hydroxylation sites is 2. The van der Waals surface area contributed by atoms with Crippen molar-refractivity contribution in [2.24, 2.45) is 0 Å². The van der Waals surface area contributed by atoms with Gasteiger partial charge in [-0.2, -0.15) is 5.10 Å². The smallest absolute Gasteiger partial charge is 0.144 e. The number of rotatable bonds is 2. The maximum Gasteiger partial charge on any atom is 0.144 e. The average molecular weight is 324 g/mol. The minimum absolute atomic E-state index is 0.891. The Morgan fingerprint density at radius 3 is 2.44 bits per heavy atom. The van der Waals surface area contributed by atoms with Crippen LogP contribution in [0.25, 0.3) is 44.3 Å². The van der Waals surface area contributed by atoms with Crippen LogP contribution in [0.15, 0.2) is 77.3 Å². The van der Waals surface area contributed by atoms with Crippen LogP contribution < -0.4 is 0 Å². The second-order valence-electron chi connectivity index (χ2n) is 6.25. The summed E-state index contributed by atoms with van der Waals surface area (Å²) >= 11 is 0. The number of benzene rings is 3. The molecular formula is C22H16N2O. The van der Waals surface area contributed by atoms with E-state index in [4.69, 9.17) is 4.42 Å². The molecule has 0 aliphatic rings. The maximum atomic E-state index is 6.18. The van der Waals surface area contributed by atoms with Gasteiger partial charge in [0.2, 0.25) is 0 Å². The lowest BCUT2D eigenvalue weighted by Crippen LogP contribution is -1.86. The number of hydrogen-bond donors (Lipinski definition) is 1. The first-order chi connectivity index (χ1) is 12.3. The van der Waals surface area contributed by atoms with Crippen molar-refractivity contribution in [2.75, 3.05) is 0 Å². The molecule has 0 spiro atoms. The maximum absolute atomic E-state index is 6.18. The molecule has 0 amide bonds. The summed E-state index contributed by atoms with van der Waals surface area (Å²) in [6, 6.07) is 22.8. The minimum atomic E-state index is 0.891. The third kappa shape index (κ3) is 2.09. The lowest BCUT2D eigenvalue weighted by atomic mass is 9.97. The van der Waals surface area contributed by atoms with Crippen molar-refractivity contribution in [3.8, 4) is 22.4 Å². The molecule has 0 unspecified atom stereocenters. The van der Waals surface area contributed by atoms with Gasteiger partial charge in [-0.15, -0.1) is 0 Å². The predicted octanol–water partition coefficient (Wildman–Crippen LogP) is 5.95. The van der Waals surface area contributed by atoms with Gasteiger partial charge >= 0.3 is 0 Å². The van der Waals surface area contributed by atoms with E-state index >= 15 is 0 Å². The minimum Gasteiger partial charge on any atom is -0.455 e. The lowest BCUT2D eigenvalue weighted by molar-refractivity contribution is 0.670. The Labute approximate surface area is 144 Å². The highest BCUT2D eigenvalue weighted by molar-refractivity contribution is 6.10. The van der Waals surface area contributed by atoms with E-state index in [0.717, 1.165) is 38.8 Å². The van der Waals surface area contributed by atoms with E-state index in [2.05, 4.69) is 65.7 Å². The van der Waals surface area contributed by atoms with E-state index in [0.29, 0.717) is 0 Å². The molecule has 2 aromatic heterocycles. The summed E-state index contributed by atoms with van der Waals surface area (Å²) in [6.07, 6.45) is 1.89. The summed E-state index contributed by atoms with van der Waals surface area (Å²) in [5.41, 5.74) is 7.31. The van der Waals surface area contributed by atoms with Crippen LogP contribution >= 0.6 is 0 Å². The van der Waals surface area contributed by atoms with Crippen molar-refractivity contribution in [2.45, 2.75) is 6.92 Å². The number of hydrogen-bond acceptors (Lipinski definition) is 2. The van der Waals surface area contributed by atoms with Crippen LogP contribution in [-0.2, 0) is 0 Å². The molecular weight excluding hydrogens is 308 g/mol. The SMILES string of the molecule is Cc1ccccc1-c1cn[nH]c1-c1cccc2c1oc1ccccc12. The summed E-state index contributed by atoms with van der Waals surface area (Å²) < 4.78 is 6.18. The molecule has 2 heterocycles. The van der Waals surface area contributed by atoms with Crippen molar-refractivity contribution in [3.63, 3.8) is 0 Å². The zero-order chi connectivity index (χ0) is 16.8. The Balaban J connectivity index is 1.81. The fourth-order valence-electron chi connectivity index (χ4n) is 3.51. The van der Waals surface area contributed by atoms with Gasteiger partial charge in [-0.3, -0.25) is 5.10 Å². The summed E-state index contributed by atoms with van der Waals surface area (Å²) in [6.45, 7) is 2.12. The fourth-order valence-corrected chi connectivity index (χ4v) is 3.51. The summed E-state index contributed by atoms with van der Waals surface area (Å²) in [7, 11) is 0. The molecule has 3 nitrogen and oxygen atoms in total. The van der Waals surface area contributed by atoms with Crippen molar-refractivity contribution in [3.05, 3.63) is 78.5 Å². The zero-order valence-electron chi connectivity index (χ0n) is 13.8. The number of aryl methyl sites for hydroxylation is 1. The van der Waals surface area contributed by atoms with E-state index in [1.807, 2.05) is 24.4 Å². The first-order valence-corrected chi connectivity index (χ1v) is 8.33. The fraction of sp³-hybridized carbons (Fsp3) is 0.0455. The van der Waals surface area contributed by atoms with Crippen molar-refractivity contribution in [1.29, 1.82) is 0 Å². The monoisotopic (exact) mass is 324 g/mol. The lowest BCUT2D eigenvalue weighted by Gasteiger charge is -2.07. The molecule has 0 bridgehead atoms. The Morgan fingerprint density at radius 1 is 0.760 bits per heavy atom. The van der Waals surface area contributed by atoms with Crippen LogP contribution in [0.4, 0.5) is 0 Å². The average Bonchev–Trinajstić information content (AvgIpc) is 3.26. The molecule has 5 aromatic rings. The van der Waals surface area contributed by atoms with Gasteiger partial charge in [0, 0.05) is 21.9 Å². The first kappa shape index (κ1) is 14.1. The van der Waals surface area contributed by atoms with E-state index in [9.17, 15) is 0 Å². The molecule has 0 aliphatic heterocycles. The third-order valence-corrected chi connectivity index (χ3v) is 4.75. The van der Waals surface area contributed by atoms with Crippen LogP contribution in [0.1, 0.15) is 5.56 Å². The second kappa shape index (κ2) is 5.35. The van der Waals surface area contributed by atoms with Crippen molar-refractivity contribution < 1.29 is 4.42 Å². The van der Waals surface area contributed by atoms with Crippen LogP contribution in [0.5, 0.6) is 0 Å². The van der Waals surface area contributed by atoms with E-state index < -0.39 is 0 Å². The van der Waals surface area contributed by atoms with Crippen LogP contribution in [-0.4, -0.2) is 10.2 Å². The summed E-state index contributed by atoms with van der Waals surface area (Å²) in [5.74, 6) is 0. The normalized spacial score (nSPS) is 11.4. The topological polar surface area (TPSA) is 41.8 Å². The number of H-pyrrole nitrogens is 1. The molecule has 0 atom stereocenters.